The number of aliphatic hydroxyl groups excluding tert-OH is 5. The molecular weight excluding hydrogens is 877 g/mol. The lowest BCUT2D eigenvalue weighted by molar-refractivity contribution is -0.277. The molecule has 67 heavy (non-hydrogen) atoms. The van der Waals surface area contributed by atoms with E-state index >= 15 is 0 Å². The van der Waals surface area contributed by atoms with Crippen LogP contribution in [0.15, 0.2) is 66.7 Å². The summed E-state index contributed by atoms with van der Waals surface area (Å²) < 4.78 is 22.9. The fourth-order valence-corrected chi connectivity index (χ4v) is 8.14. The Morgan fingerprint density at radius 2 is 1.30 bits per heavy atom. The third kappa shape index (κ3) is 10.9. The number of methoxy groups -OCH3 is 1. The summed E-state index contributed by atoms with van der Waals surface area (Å²) in [7, 11) is 5.51. The van der Waals surface area contributed by atoms with Gasteiger partial charge in [0.2, 0.25) is 41.7 Å². The Kier molecular flexibility index (Phi) is 15.7. The van der Waals surface area contributed by atoms with Crippen molar-refractivity contribution in [3.63, 3.8) is 0 Å². The summed E-state index contributed by atoms with van der Waals surface area (Å²) in [5, 5.41) is 61.2. The molecule has 0 radical (unpaired) electrons. The average Bonchev–Trinajstić information content (AvgIpc) is 3.31. The number of ether oxygens (including phenoxy) is 4. The molecule has 2 saturated heterocycles. The van der Waals surface area contributed by atoms with Gasteiger partial charge < -0.3 is 75.1 Å². The van der Waals surface area contributed by atoms with Crippen LogP contribution < -0.4 is 30.2 Å². The van der Waals surface area contributed by atoms with Crippen molar-refractivity contribution in [1.82, 2.24) is 30.7 Å². The predicted octanol–water partition coefficient (Wildman–Crippen LogP) is -1.49. The number of aliphatic hydroxyl groups is 5. The normalized spacial score (nSPS) is 30.4. The largest absolute Gasteiger partial charge is 0.497 e. The summed E-state index contributed by atoms with van der Waals surface area (Å²) in [6, 6.07) is 8.94. The number of carbonyl (C=O) groups is 6. The van der Waals surface area contributed by atoms with Crippen LogP contribution in [0.2, 0.25) is 0 Å². The van der Waals surface area contributed by atoms with Crippen molar-refractivity contribution >= 4 is 35.4 Å². The van der Waals surface area contributed by atoms with Crippen LogP contribution in [0.3, 0.4) is 0 Å². The van der Waals surface area contributed by atoms with E-state index in [0.29, 0.717) is 16.9 Å². The van der Waals surface area contributed by atoms with Crippen LogP contribution in [0.4, 0.5) is 0 Å². The van der Waals surface area contributed by atoms with Gasteiger partial charge in [0.05, 0.1) is 13.7 Å². The second-order valence-electron chi connectivity index (χ2n) is 17.0. The van der Waals surface area contributed by atoms with Crippen molar-refractivity contribution < 1.29 is 73.2 Å². The number of amides is 6. The molecule has 4 heterocycles. The highest BCUT2D eigenvalue weighted by Crippen LogP contribution is 2.38. The number of hydrogen-bond acceptors (Lipinski definition) is 15. The highest BCUT2D eigenvalue weighted by molar-refractivity contribution is 5.98. The molecule has 12 atom stereocenters. The van der Waals surface area contributed by atoms with E-state index in [0.717, 1.165) is 14.7 Å². The first-order chi connectivity index (χ1) is 31.7. The van der Waals surface area contributed by atoms with E-state index in [4.69, 9.17) is 18.9 Å². The number of likely N-dealkylation sites (N-methyl/N-ethyl adjacent to an activating group) is 3. The predicted molar refractivity (Wildman–Crippen MR) is 235 cm³/mol. The molecule has 6 amide bonds. The summed E-state index contributed by atoms with van der Waals surface area (Å²) in [5.74, 6) is -4.11. The Labute approximate surface area is 386 Å². The first kappa shape index (κ1) is 50.1. The Morgan fingerprint density at radius 3 is 1.93 bits per heavy atom. The van der Waals surface area contributed by atoms with Crippen LogP contribution in [-0.4, -0.2) is 177 Å². The van der Waals surface area contributed by atoms with Gasteiger partial charge in [0, 0.05) is 34.0 Å². The van der Waals surface area contributed by atoms with E-state index < -0.39 is 115 Å². The Hall–Kier alpha value is -6.36. The number of fused-ring (bicyclic) bond motifs is 2. The van der Waals surface area contributed by atoms with Crippen molar-refractivity contribution in [1.29, 1.82) is 0 Å². The fraction of sp³-hybridized carbons (Fsp3) is 0.478. The average molecular weight is 935 g/mol. The lowest BCUT2D eigenvalue weighted by Gasteiger charge is -2.39. The Balaban J connectivity index is 1.41. The summed E-state index contributed by atoms with van der Waals surface area (Å²) >= 11 is 0. The lowest BCUT2D eigenvalue weighted by atomic mass is 9.96. The summed E-state index contributed by atoms with van der Waals surface area (Å²) in [5.41, 5.74) is 1.15. The smallest absolute Gasteiger partial charge is 0.246 e. The van der Waals surface area contributed by atoms with Crippen molar-refractivity contribution in [2.45, 2.75) is 107 Å². The summed E-state index contributed by atoms with van der Waals surface area (Å²) in [4.78, 5) is 88.7. The fourth-order valence-electron chi connectivity index (χ4n) is 8.14. The first-order valence-electron chi connectivity index (χ1n) is 21.6. The number of nitrogens with zero attached hydrogens (tertiary/aromatic N) is 3. The molecule has 0 unspecified atom stereocenters. The van der Waals surface area contributed by atoms with Crippen LogP contribution in [0.5, 0.6) is 23.0 Å². The van der Waals surface area contributed by atoms with E-state index in [9.17, 15) is 54.3 Å². The summed E-state index contributed by atoms with van der Waals surface area (Å²) in [6.07, 6.45) is -10.1. The van der Waals surface area contributed by atoms with Crippen molar-refractivity contribution in [2.75, 3.05) is 34.9 Å². The molecule has 0 spiro atoms. The standard InChI is InChI=1S/C46H58N6O15/c1-22-40(58)48-23(2)43(61)50(4)30(18-25-8-13-28(64-7)14-9-25)41(59)49-24(3)44(62)51(5)31-19-26-10-15-29(16-11-26)65-33-20-27(36(54)35(42(60)47-22)52(6)45(31)63)12-17-32(33)66-46-39(57)38(56)37(55)34(21-53)67-46/h8-17,20,22-24,30-31,34-39,46,53-57H,18-19,21H2,1-7H3,(H,47,60)(H,48,58)(H,49,59)/t22-,23+,24+,30+,31+,34-,35+,36+,37-,38+,39-,46-/m1/s1. The van der Waals surface area contributed by atoms with Gasteiger partial charge in [-0.15, -0.1) is 0 Å². The molecule has 0 aromatic heterocycles. The molecular formula is C46H58N6O15. The number of hydrogen-bond donors (Lipinski definition) is 8. The molecule has 3 aromatic rings. The minimum Gasteiger partial charge on any atom is -0.497 e. The molecule has 362 valence electrons. The highest BCUT2D eigenvalue weighted by atomic mass is 16.7. The van der Waals surface area contributed by atoms with Gasteiger partial charge >= 0.3 is 0 Å². The Morgan fingerprint density at radius 1 is 0.687 bits per heavy atom. The SMILES string of the molecule is COc1ccc(C[C@H]2C(=O)N[C@@H](C)C(=O)N(C)[C@H]3Cc4ccc(cc4)Oc4cc(ccc4O[C@@H]4O[C@H](CO)[C@@H](O)[C@H](O)[C@H]4O)[C@H](O)[C@@H](C(=O)N[C@H](C)C(=O)N[C@@H](C)C(=O)N2C)N(C)C3=O)cc1. The third-order valence-corrected chi connectivity index (χ3v) is 12.3. The monoisotopic (exact) mass is 934 g/mol. The molecule has 21 heteroatoms. The zero-order valence-electron chi connectivity index (χ0n) is 38.1. The first-order valence-corrected chi connectivity index (χ1v) is 21.6. The van der Waals surface area contributed by atoms with Gasteiger partial charge in [-0.1, -0.05) is 30.3 Å². The molecule has 0 aliphatic carbocycles. The highest BCUT2D eigenvalue weighted by Gasteiger charge is 2.46. The number of rotatable bonds is 6. The topological polar surface area (TPSA) is 286 Å². The van der Waals surface area contributed by atoms with Gasteiger partial charge in [0.1, 0.15) is 78.3 Å². The Bertz CT molecular complexity index is 2300. The van der Waals surface area contributed by atoms with E-state index in [-0.39, 0.29) is 35.7 Å². The number of nitrogens with one attached hydrogen (secondary N) is 3. The van der Waals surface area contributed by atoms with E-state index in [2.05, 4.69) is 16.0 Å². The maximum absolute atomic E-state index is 14.9. The third-order valence-electron chi connectivity index (χ3n) is 12.3. The molecule has 8 N–H and O–H groups in total. The van der Waals surface area contributed by atoms with Gasteiger partial charge in [-0.3, -0.25) is 28.8 Å². The van der Waals surface area contributed by atoms with E-state index in [1.54, 1.807) is 48.5 Å². The second kappa shape index (κ2) is 21.1. The van der Waals surface area contributed by atoms with Gasteiger partial charge in [-0.25, -0.2) is 0 Å². The number of carbonyl (C=O) groups excluding carboxylic acids is 6. The van der Waals surface area contributed by atoms with E-state index in [1.165, 1.54) is 67.2 Å². The van der Waals surface area contributed by atoms with Crippen LogP contribution in [0.25, 0.3) is 0 Å². The molecule has 7 rings (SSSR count). The molecule has 21 nitrogen and oxygen atoms in total. The minimum atomic E-state index is -1.88. The van der Waals surface area contributed by atoms with Crippen molar-refractivity contribution in [3.05, 3.63) is 83.4 Å². The molecule has 0 saturated carbocycles. The molecule has 3 aromatic carbocycles. The lowest BCUT2D eigenvalue weighted by Crippen LogP contribution is -2.62. The minimum absolute atomic E-state index is 0.00672. The summed E-state index contributed by atoms with van der Waals surface area (Å²) in [6.45, 7) is 3.44. The molecule has 4 aliphatic heterocycles. The van der Waals surface area contributed by atoms with Gasteiger partial charge in [0.25, 0.3) is 0 Å². The van der Waals surface area contributed by atoms with Crippen molar-refractivity contribution in [3.8, 4) is 23.0 Å². The molecule has 2 fully saturated rings. The quantitative estimate of drug-likeness (QED) is 0.140. The number of benzene rings is 3. The van der Waals surface area contributed by atoms with Gasteiger partial charge in [-0.05, 0) is 73.9 Å². The van der Waals surface area contributed by atoms with Crippen LogP contribution in [0.1, 0.15) is 43.6 Å². The van der Waals surface area contributed by atoms with Crippen LogP contribution in [-0.2, 0) is 46.3 Å². The zero-order valence-corrected chi connectivity index (χ0v) is 38.1. The van der Waals surface area contributed by atoms with Crippen molar-refractivity contribution in [2.24, 2.45) is 0 Å². The molecule has 4 aliphatic rings. The second-order valence-corrected chi connectivity index (χ2v) is 17.0. The van der Waals surface area contributed by atoms with Crippen LogP contribution >= 0.6 is 0 Å². The maximum atomic E-state index is 14.9. The van der Waals surface area contributed by atoms with Gasteiger partial charge in [-0.2, -0.15) is 0 Å². The van der Waals surface area contributed by atoms with Crippen LogP contribution in [0, 0.1) is 0 Å². The zero-order chi connectivity index (χ0) is 49.0. The van der Waals surface area contributed by atoms with Gasteiger partial charge in [0.15, 0.2) is 11.5 Å². The molecule has 6 bridgehead atoms. The van der Waals surface area contributed by atoms with E-state index in [1.807, 2.05) is 0 Å². The maximum Gasteiger partial charge on any atom is 0.246 e.